The molecule has 1 N–H and O–H groups in total. The van der Waals surface area contributed by atoms with E-state index >= 15 is 0 Å². The lowest BCUT2D eigenvalue weighted by Crippen LogP contribution is -2.13. The Bertz CT molecular complexity index is 1080. The lowest BCUT2D eigenvalue weighted by molar-refractivity contribution is 0.102. The Morgan fingerprint density at radius 1 is 1.00 bits per heavy atom. The van der Waals surface area contributed by atoms with Gasteiger partial charge in [0.05, 0.1) is 23.0 Å². The molecule has 0 atom stereocenters. The van der Waals surface area contributed by atoms with Crippen molar-refractivity contribution in [2.24, 2.45) is 0 Å². The number of halogens is 1. The van der Waals surface area contributed by atoms with Crippen molar-refractivity contribution < 1.29 is 13.7 Å². The van der Waals surface area contributed by atoms with E-state index in [0.29, 0.717) is 28.2 Å². The van der Waals surface area contributed by atoms with Gasteiger partial charge in [0.15, 0.2) is 0 Å². The number of nitrogens with one attached hydrogen (secondary N) is 1. The third kappa shape index (κ3) is 3.57. The minimum absolute atomic E-state index is 0.200. The van der Waals surface area contributed by atoms with Crippen molar-refractivity contribution >= 4 is 11.6 Å². The van der Waals surface area contributed by atoms with Gasteiger partial charge in [-0.2, -0.15) is 4.98 Å². The zero-order chi connectivity index (χ0) is 18.6. The number of amides is 1. The molecule has 0 unspecified atom stereocenters. The van der Waals surface area contributed by atoms with E-state index in [1.165, 1.54) is 12.1 Å². The number of carbonyl (C=O) groups excluding carboxylic acids is 1. The summed E-state index contributed by atoms with van der Waals surface area (Å²) in [5, 5.41) is 6.71. The van der Waals surface area contributed by atoms with Crippen molar-refractivity contribution in [3.8, 4) is 22.8 Å². The molecule has 6 nitrogen and oxygen atoms in total. The Balaban J connectivity index is 1.65. The first kappa shape index (κ1) is 16.6. The van der Waals surface area contributed by atoms with Gasteiger partial charge < -0.3 is 9.84 Å². The van der Waals surface area contributed by atoms with E-state index in [1.807, 2.05) is 0 Å². The van der Waals surface area contributed by atoms with E-state index in [-0.39, 0.29) is 17.6 Å². The first-order chi connectivity index (χ1) is 13.2. The summed E-state index contributed by atoms with van der Waals surface area (Å²) in [6, 6.07) is 16.2. The van der Waals surface area contributed by atoms with E-state index < -0.39 is 0 Å². The molecule has 0 saturated carbocycles. The van der Waals surface area contributed by atoms with Crippen molar-refractivity contribution in [1.29, 1.82) is 0 Å². The minimum Gasteiger partial charge on any atom is -0.334 e. The molecular formula is C20H13FN4O2. The third-order valence-corrected chi connectivity index (χ3v) is 3.85. The summed E-state index contributed by atoms with van der Waals surface area (Å²) in [4.78, 5) is 21.0. The second-order valence-electron chi connectivity index (χ2n) is 5.67. The Labute approximate surface area is 153 Å². The number of anilines is 1. The number of benzene rings is 2. The lowest BCUT2D eigenvalue weighted by Gasteiger charge is -2.07. The minimum atomic E-state index is -0.347. The van der Waals surface area contributed by atoms with E-state index in [1.54, 1.807) is 60.9 Å². The molecule has 0 fully saturated rings. The molecule has 2 aromatic heterocycles. The van der Waals surface area contributed by atoms with Gasteiger partial charge in [0.1, 0.15) is 5.82 Å². The molecule has 0 aliphatic carbocycles. The molecular weight excluding hydrogens is 347 g/mol. The molecule has 132 valence electrons. The van der Waals surface area contributed by atoms with Crippen molar-refractivity contribution in [2.75, 3.05) is 5.32 Å². The van der Waals surface area contributed by atoms with Crippen LogP contribution in [0.15, 0.2) is 77.6 Å². The van der Waals surface area contributed by atoms with Crippen LogP contribution in [0, 0.1) is 5.82 Å². The number of carbonyl (C=O) groups is 1. The molecule has 27 heavy (non-hydrogen) atoms. The Hall–Kier alpha value is -3.87. The smallest absolute Gasteiger partial charge is 0.259 e. The Morgan fingerprint density at radius 3 is 2.59 bits per heavy atom. The highest BCUT2D eigenvalue weighted by Crippen LogP contribution is 2.26. The van der Waals surface area contributed by atoms with Crippen LogP contribution in [0.1, 0.15) is 10.4 Å². The maximum absolute atomic E-state index is 13.1. The summed E-state index contributed by atoms with van der Waals surface area (Å²) in [6.07, 6.45) is 3.18. The molecule has 0 aliphatic rings. The molecule has 4 rings (SSSR count). The third-order valence-electron chi connectivity index (χ3n) is 3.85. The van der Waals surface area contributed by atoms with Crippen LogP contribution >= 0.6 is 0 Å². The molecule has 4 aromatic rings. The van der Waals surface area contributed by atoms with Gasteiger partial charge in [-0.25, -0.2) is 4.39 Å². The summed E-state index contributed by atoms with van der Waals surface area (Å²) >= 11 is 0. The van der Waals surface area contributed by atoms with E-state index in [2.05, 4.69) is 20.4 Å². The van der Waals surface area contributed by atoms with Crippen LogP contribution in [0.2, 0.25) is 0 Å². The van der Waals surface area contributed by atoms with Crippen LogP contribution < -0.4 is 5.32 Å². The molecule has 0 spiro atoms. The molecule has 0 radical (unpaired) electrons. The topological polar surface area (TPSA) is 80.9 Å². The van der Waals surface area contributed by atoms with Gasteiger partial charge in [-0.3, -0.25) is 9.78 Å². The first-order valence-electron chi connectivity index (χ1n) is 8.11. The van der Waals surface area contributed by atoms with Gasteiger partial charge in [-0.05, 0) is 48.5 Å². The number of nitrogens with zero attached hydrogens (tertiary/aromatic N) is 3. The molecule has 0 aliphatic heterocycles. The highest BCUT2D eigenvalue weighted by atomic mass is 19.1. The number of rotatable bonds is 4. The number of aromatic nitrogens is 3. The largest absolute Gasteiger partial charge is 0.334 e. The van der Waals surface area contributed by atoms with Gasteiger partial charge in [-0.15, -0.1) is 0 Å². The second kappa shape index (κ2) is 7.17. The van der Waals surface area contributed by atoms with Crippen LogP contribution in [0.3, 0.4) is 0 Å². The summed E-state index contributed by atoms with van der Waals surface area (Å²) in [7, 11) is 0. The number of pyridine rings is 1. The van der Waals surface area contributed by atoms with Gasteiger partial charge >= 0.3 is 0 Å². The van der Waals surface area contributed by atoms with E-state index in [9.17, 15) is 9.18 Å². The summed E-state index contributed by atoms with van der Waals surface area (Å²) in [6.45, 7) is 0. The molecule has 0 saturated heterocycles. The first-order valence-corrected chi connectivity index (χ1v) is 8.11. The normalized spacial score (nSPS) is 10.6. The molecule has 2 heterocycles. The average Bonchev–Trinajstić information content (AvgIpc) is 3.19. The quantitative estimate of drug-likeness (QED) is 0.590. The fourth-order valence-corrected chi connectivity index (χ4v) is 2.55. The predicted molar refractivity (Wildman–Crippen MR) is 97.3 cm³/mol. The van der Waals surface area contributed by atoms with Crippen molar-refractivity contribution in [3.63, 3.8) is 0 Å². The van der Waals surface area contributed by atoms with Gasteiger partial charge in [0.2, 0.25) is 5.82 Å². The predicted octanol–water partition coefficient (Wildman–Crippen LogP) is 4.19. The maximum atomic E-state index is 13.1. The van der Waals surface area contributed by atoms with Crippen molar-refractivity contribution in [2.45, 2.75) is 0 Å². The SMILES string of the molecule is O=C(Nc1cccnc1)c1ccccc1-c1nc(-c2ccc(F)cc2)no1. The van der Waals surface area contributed by atoms with E-state index in [4.69, 9.17) is 4.52 Å². The van der Waals surface area contributed by atoms with Gasteiger partial charge in [-0.1, -0.05) is 17.3 Å². The van der Waals surface area contributed by atoms with Crippen LogP contribution in [0.4, 0.5) is 10.1 Å². The van der Waals surface area contributed by atoms with Crippen molar-refractivity contribution in [3.05, 3.63) is 84.4 Å². The van der Waals surface area contributed by atoms with E-state index in [0.717, 1.165) is 0 Å². The molecule has 2 aromatic carbocycles. The second-order valence-corrected chi connectivity index (χ2v) is 5.67. The summed E-state index contributed by atoms with van der Waals surface area (Å²) in [5.74, 6) is -0.154. The number of hydrogen-bond acceptors (Lipinski definition) is 5. The molecule has 0 bridgehead atoms. The zero-order valence-electron chi connectivity index (χ0n) is 14.0. The average molecular weight is 360 g/mol. The highest BCUT2D eigenvalue weighted by molar-refractivity contribution is 6.08. The van der Waals surface area contributed by atoms with Crippen LogP contribution in [-0.4, -0.2) is 21.0 Å². The maximum Gasteiger partial charge on any atom is 0.259 e. The Kier molecular flexibility index (Phi) is 4.40. The number of hydrogen-bond donors (Lipinski definition) is 1. The molecule has 1 amide bonds. The highest BCUT2D eigenvalue weighted by Gasteiger charge is 2.18. The fourth-order valence-electron chi connectivity index (χ4n) is 2.55. The Morgan fingerprint density at radius 2 is 1.81 bits per heavy atom. The molecule has 7 heteroatoms. The van der Waals surface area contributed by atoms with Crippen LogP contribution in [0.5, 0.6) is 0 Å². The van der Waals surface area contributed by atoms with Crippen LogP contribution in [0.25, 0.3) is 22.8 Å². The standard InChI is InChI=1S/C20H13FN4O2/c21-14-9-7-13(8-10-14)18-24-20(27-25-18)17-6-2-1-5-16(17)19(26)23-15-4-3-11-22-12-15/h1-12H,(H,23,26). The zero-order valence-corrected chi connectivity index (χ0v) is 14.0. The lowest BCUT2D eigenvalue weighted by atomic mass is 10.1. The van der Waals surface area contributed by atoms with Gasteiger partial charge in [0.25, 0.3) is 11.8 Å². The fraction of sp³-hybridized carbons (Fsp3) is 0. The monoisotopic (exact) mass is 360 g/mol. The summed E-state index contributed by atoms with van der Waals surface area (Å²) < 4.78 is 18.4. The van der Waals surface area contributed by atoms with Crippen molar-refractivity contribution in [1.82, 2.24) is 15.1 Å². The van der Waals surface area contributed by atoms with Gasteiger partial charge in [0, 0.05) is 11.8 Å². The summed E-state index contributed by atoms with van der Waals surface area (Å²) in [5.41, 5.74) is 2.08. The van der Waals surface area contributed by atoms with Crippen LogP contribution in [-0.2, 0) is 0 Å².